The van der Waals surface area contributed by atoms with Crippen LogP contribution in [0.1, 0.15) is 33.1 Å². The summed E-state index contributed by atoms with van der Waals surface area (Å²) in [4.78, 5) is 4.35. The Morgan fingerprint density at radius 3 is 2.27 bits per heavy atom. The first kappa shape index (κ1) is 17.2. The molecular formula is C7H20N2O5S. The molecule has 0 saturated heterocycles. The minimum Gasteiger partial charge on any atom is -0.344 e. The molecule has 8 heteroatoms. The Morgan fingerprint density at radius 2 is 1.87 bits per heavy atom. The first-order chi connectivity index (χ1) is 6.27. The Hall–Kier alpha value is -0.250. The van der Waals surface area contributed by atoms with Gasteiger partial charge in [0, 0.05) is 0 Å². The molecule has 0 amide bonds. The third-order valence-corrected chi connectivity index (χ3v) is 2.28. The molecule has 0 radical (unpaired) electrons. The lowest BCUT2D eigenvalue weighted by atomic mass is 10.0. The van der Waals surface area contributed by atoms with Gasteiger partial charge in [-0.05, 0) is 33.1 Å². The van der Waals surface area contributed by atoms with Gasteiger partial charge in [-0.3, -0.25) is 4.55 Å². The second kappa shape index (κ2) is 7.09. The molecule has 0 heterocycles. The Morgan fingerprint density at radius 1 is 1.33 bits per heavy atom. The predicted molar refractivity (Wildman–Crippen MR) is 55.7 cm³/mol. The Bertz CT molecular complexity index is 252. The molecule has 0 atom stereocenters. The van der Waals surface area contributed by atoms with Gasteiger partial charge in [0.25, 0.3) is 0 Å². The molecule has 0 spiro atoms. The van der Waals surface area contributed by atoms with E-state index in [9.17, 15) is 8.42 Å². The highest BCUT2D eigenvalue weighted by Gasteiger charge is 2.24. The highest BCUT2D eigenvalue weighted by atomic mass is 32.3. The van der Waals surface area contributed by atoms with Crippen LogP contribution in [0.15, 0.2) is 0 Å². The summed E-state index contributed by atoms with van der Waals surface area (Å²) in [7, 11) is -4.38. The maximum atomic E-state index is 10.4. The quantitative estimate of drug-likeness (QED) is 0.342. The van der Waals surface area contributed by atoms with Crippen molar-refractivity contribution in [2.24, 2.45) is 5.90 Å². The van der Waals surface area contributed by atoms with Crippen LogP contribution in [-0.2, 0) is 19.4 Å². The molecule has 0 aromatic rings. The van der Waals surface area contributed by atoms with E-state index in [0.717, 1.165) is 6.42 Å². The molecule has 0 aliphatic rings. The Labute approximate surface area is 90.4 Å². The van der Waals surface area contributed by atoms with Crippen LogP contribution in [0.3, 0.4) is 0 Å². The molecule has 15 heavy (non-hydrogen) atoms. The van der Waals surface area contributed by atoms with Crippen molar-refractivity contribution in [1.29, 1.82) is 0 Å². The summed E-state index contributed by atoms with van der Waals surface area (Å²) in [6, 6.07) is 0. The van der Waals surface area contributed by atoms with Crippen molar-refractivity contribution in [3.8, 4) is 0 Å². The summed E-state index contributed by atoms with van der Waals surface area (Å²) < 4.78 is 33.8. The van der Waals surface area contributed by atoms with E-state index in [2.05, 4.69) is 9.02 Å². The van der Waals surface area contributed by atoms with E-state index < -0.39 is 16.0 Å². The van der Waals surface area contributed by atoms with Crippen LogP contribution >= 0.6 is 0 Å². The van der Waals surface area contributed by atoms with Gasteiger partial charge in [0.1, 0.15) is 0 Å². The topological polar surface area (TPSA) is 134 Å². The van der Waals surface area contributed by atoms with E-state index in [1.165, 1.54) is 0 Å². The van der Waals surface area contributed by atoms with Gasteiger partial charge in [-0.25, -0.2) is 10.1 Å². The van der Waals surface area contributed by atoms with E-state index >= 15 is 0 Å². The van der Waals surface area contributed by atoms with E-state index in [1.807, 2.05) is 0 Å². The molecule has 7 nitrogen and oxygen atoms in total. The zero-order chi connectivity index (χ0) is 11.2. The van der Waals surface area contributed by atoms with Gasteiger partial charge in [0.15, 0.2) is 0 Å². The molecule has 0 aliphatic heterocycles. The highest BCUT2D eigenvalue weighted by molar-refractivity contribution is 7.80. The van der Waals surface area contributed by atoms with Crippen LogP contribution in [0, 0.1) is 0 Å². The second-order valence-electron chi connectivity index (χ2n) is 3.60. The number of rotatable bonds is 7. The summed E-state index contributed by atoms with van der Waals surface area (Å²) >= 11 is 0. The van der Waals surface area contributed by atoms with Crippen molar-refractivity contribution >= 4 is 10.4 Å². The van der Waals surface area contributed by atoms with Crippen molar-refractivity contribution in [3.63, 3.8) is 0 Å². The Balaban J connectivity index is 0. The van der Waals surface area contributed by atoms with E-state index in [4.69, 9.17) is 10.4 Å². The minimum atomic E-state index is -4.38. The first-order valence-electron chi connectivity index (χ1n) is 4.26. The summed E-state index contributed by atoms with van der Waals surface area (Å²) in [6.45, 7) is 3.59. The van der Waals surface area contributed by atoms with E-state index in [1.54, 1.807) is 13.8 Å². The molecular weight excluding hydrogens is 224 g/mol. The van der Waals surface area contributed by atoms with Crippen LogP contribution < -0.4 is 12.0 Å². The van der Waals surface area contributed by atoms with Gasteiger partial charge in [0.05, 0.1) is 12.2 Å². The Kier molecular flexibility index (Phi) is 8.11. The number of hydrogen-bond acceptors (Lipinski definition) is 6. The molecule has 0 rings (SSSR count). The SMILES string of the molecule is CC(C)(CCCCON)OS(=O)(=O)O.N. The fraction of sp³-hybridized carbons (Fsp3) is 1.00. The average Bonchev–Trinajstić information content (AvgIpc) is 1.93. The van der Waals surface area contributed by atoms with Gasteiger partial charge in [-0.2, -0.15) is 8.42 Å². The molecule has 0 aromatic heterocycles. The maximum Gasteiger partial charge on any atom is 0.397 e. The molecule has 0 aromatic carbocycles. The highest BCUT2D eigenvalue weighted by Crippen LogP contribution is 2.19. The number of unbranched alkanes of at least 4 members (excludes halogenated alkanes) is 1. The molecule has 0 aliphatic carbocycles. The fourth-order valence-corrected chi connectivity index (χ4v) is 1.72. The molecule has 94 valence electrons. The number of nitrogens with two attached hydrogens (primary N) is 1. The molecule has 0 unspecified atom stereocenters. The molecule has 0 fully saturated rings. The van der Waals surface area contributed by atoms with Gasteiger partial charge in [-0.15, -0.1) is 0 Å². The second-order valence-corrected chi connectivity index (χ2v) is 4.62. The van der Waals surface area contributed by atoms with E-state index in [0.29, 0.717) is 19.4 Å². The molecule has 0 saturated carbocycles. The van der Waals surface area contributed by atoms with Crippen molar-refractivity contribution in [1.82, 2.24) is 6.15 Å². The first-order valence-corrected chi connectivity index (χ1v) is 5.63. The summed E-state index contributed by atoms with van der Waals surface area (Å²) in [6.07, 6.45) is 1.92. The summed E-state index contributed by atoms with van der Waals surface area (Å²) in [5.74, 6) is 4.81. The number of hydrogen-bond donors (Lipinski definition) is 3. The predicted octanol–water partition coefficient (Wildman–Crippen LogP) is 0.807. The largest absolute Gasteiger partial charge is 0.397 e. The minimum absolute atomic E-state index is 0. The van der Waals surface area contributed by atoms with Crippen molar-refractivity contribution in [2.75, 3.05) is 6.61 Å². The lowest BCUT2D eigenvalue weighted by Gasteiger charge is -2.22. The third-order valence-electron chi connectivity index (χ3n) is 1.62. The zero-order valence-electron chi connectivity index (χ0n) is 9.10. The summed E-state index contributed by atoms with van der Waals surface area (Å²) in [5, 5.41) is 0. The van der Waals surface area contributed by atoms with Crippen LogP contribution in [0.4, 0.5) is 0 Å². The van der Waals surface area contributed by atoms with Crippen molar-refractivity contribution < 1.29 is 22.0 Å². The van der Waals surface area contributed by atoms with Gasteiger partial charge in [-0.1, -0.05) is 0 Å². The van der Waals surface area contributed by atoms with Crippen LogP contribution in [0.25, 0.3) is 0 Å². The molecule has 6 N–H and O–H groups in total. The van der Waals surface area contributed by atoms with Crippen LogP contribution in [0.2, 0.25) is 0 Å². The van der Waals surface area contributed by atoms with Crippen LogP contribution in [0.5, 0.6) is 0 Å². The maximum absolute atomic E-state index is 10.4. The third kappa shape index (κ3) is 11.7. The standard InChI is InChI=1S/C7H17NO5S.H3N/c1-7(2,13-14(9,10)11)5-3-4-6-12-8;/h3-6,8H2,1-2H3,(H,9,10,11);1H3. The van der Waals surface area contributed by atoms with Crippen molar-refractivity contribution in [3.05, 3.63) is 0 Å². The lowest BCUT2D eigenvalue weighted by Crippen LogP contribution is -2.27. The monoisotopic (exact) mass is 244 g/mol. The van der Waals surface area contributed by atoms with Gasteiger partial charge in [0.2, 0.25) is 0 Å². The smallest absolute Gasteiger partial charge is 0.344 e. The fourth-order valence-electron chi connectivity index (χ4n) is 1.06. The summed E-state index contributed by atoms with van der Waals surface area (Å²) in [5.41, 5.74) is -0.901. The van der Waals surface area contributed by atoms with Crippen molar-refractivity contribution in [2.45, 2.75) is 38.7 Å². The zero-order valence-corrected chi connectivity index (χ0v) is 9.92. The van der Waals surface area contributed by atoms with E-state index in [-0.39, 0.29) is 6.15 Å². The van der Waals surface area contributed by atoms with Gasteiger partial charge < -0.3 is 11.0 Å². The average molecular weight is 244 g/mol. The lowest BCUT2D eigenvalue weighted by molar-refractivity contribution is 0.0807. The normalized spacial score (nSPS) is 12.3. The van der Waals surface area contributed by atoms with Gasteiger partial charge >= 0.3 is 10.4 Å². The molecule has 0 bridgehead atoms. The van der Waals surface area contributed by atoms with Crippen LogP contribution in [-0.4, -0.2) is 25.2 Å².